The number of nitrogens with zero attached hydrogens (tertiary/aromatic N) is 2. The number of carbonyl (C=O) groups is 1. The Labute approximate surface area is 127 Å². The second kappa shape index (κ2) is 6.30. The zero-order valence-electron chi connectivity index (χ0n) is 12.7. The smallest absolute Gasteiger partial charge is 0.277 e. The number of ether oxygens (including phenoxy) is 3. The van der Waals surface area contributed by atoms with Crippen molar-refractivity contribution in [1.82, 2.24) is 9.78 Å². The monoisotopic (exact) mass is 304 g/mol. The van der Waals surface area contributed by atoms with Crippen LogP contribution >= 0.6 is 0 Å². The Morgan fingerprint density at radius 2 is 1.77 bits per heavy atom. The first-order valence-electron chi connectivity index (χ1n) is 6.40. The highest BCUT2D eigenvalue weighted by Crippen LogP contribution is 2.43. The van der Waals surface area contributed by atoms with Crippen LogP contribution in [0.1, 0.15) is 10.4 Å². The number of methoxy groups -OCH3 is 3. The molecule has 0 aliphatic carbocycles. The maximum Gasteiger partial charge on any atom is 0.277 e. The van der Waals surface area contributed by atoms with Crippen LogP contribution in [0.3, 0.4) is 0 Å². The molecule has 0 unspecified atom stereocenters. The molecule has 0 N–H and O–H groups in total. The van der Waals surface area contributed by atoms with E-state index in [0.29, 0.717) is 34.8 Å². The second-order valence-corrected chi connectivity index (χ2v) is 4.41. The Balaban J connectivity index is 2.75. The summed E-state index contributed by atoms with van der Waals surface area (Å²) in [7, 11) is 5.98. The van der Waals surface area contributed by atoms with Crippen molar-refractivity contribution >= 4 is 6.29 Å². The normalized spacial score (nSPS) is 10.2. The molecule has 2 aromatic rings. The lowest BCUT2D eigenvalue weighted by atomic mass is 10.1. The van der Waals surface area contributed by atoms with Crippen molar-refractivity contribution in [2.75, 3.05) is 21.3 Å². The molecule has 0 radical (unpaired) electrons. The first-order chi connectivity index (χ1) is 10.6. The maximum atomic E-state index is 11.8. The highest BCUT2D eigenvalue weighted by atomic mass is 16.5. The minimum absolute atomic E-state index is 0.0179. The molecule has 1 heterocycles. The summed E-state index contributed by atoms with van der Waals surface area (Å²) in [6.45, 7) is 0. The van der Waals surface area contributed by atoms with Gasteiger partial charge >= 0.3 is 0 Å². The van der Waals surface area contributed by atoms with Gasteiger partial charge in [0.15, 0.2) is 17.8 Å². The van der Waals surface area contributed by atoms with E-state index >= 15 is 0 Å². The van der Waals surface area contributed by atoms with Crippen molar-refractivity contribution in [3.63, 3.8) is 0 Å². The van der Waals surface area contributed by atoms with Crippen molar-refractivity contribution in [2.24, 2.45) is 7.05 Å². The summed E-state index contributed by atoms with van der Waals surface area (Å²) in [4.78, 5) is 22.8. The largest absolute Gasteiger partial charge is 0.493 e. The third kappa shape index (κ3) is 2.52. The van der Waals surface area contributed by atoms with Crippen LogP contribution in [0.5, 0.6) is 17.2 Å². The predicted octanol–water partition coefficient (Wildman–Crippen LogP) is 1.29. The van der Waals surface area contributed by atoms with Crippen molar-refractivity contribution < 1.29 is 19.0 Å². The highest BCUT2D eigenvalue weighted by molar-refractivity contribution is 5.80. The van der Waals surface area contributed by atoms with Gasteiger partial charge in [-0.15, -0.1) is 0 Å². The van der Waals surface area contributed by atoms with Crippen LogP contribution < -0.4 is 19.8 Å². The molecule has 1 aromatic carbocycles. The van der Waals surface area contributed by atoms with Crippen molar-refractivity contribution in [3.05, 3.63) is 34.1 Å². The molecule has 7 nitrogen and oxygen atoms in total. The topological polar surface area (TPSA) is 79.7 Å². The summed E-state index contributed by atoms with van der Waals surface area (Å²) >= 11 is 0. The van der Waals surface area contributed by atoms with Crippen LogP contribution in [0.4, 0.5) is 0 Å². The molecule has 22 heavy (non-hydrogen) atoms. The van der Waals surface area contributed by atoms with Gasteiger partial charge in [-0.1, -0.05) is 0 Å². The fourth-order valence-electron chi connectivity index (χ4n) is 2.15. The van der Waals surface area contributed by atoms with E-state index in [1.165, 1.54) is 34.4 Å². The minimum atomic E-state index is -0.460. The molecule has 0 aliphatic rings. The van der Waals surface area contributed by atoms with Crippen LogP contribution in [-0.4, -0.2) is 37.4 Å². The van der Waals surface area contributed by atoms with Crippen molar-refractivity contribution in [2.45, 2.75) is 0 Å². The van der Waals surface area contributed by atoms with Gasteiger partial charge in [0.25, 0.3) is 5.56 Å². The summed E-state index contributed by atoms with van der Waals surface area (Å²) in [5.74, 6) is 1.32. The van der Waals surface area contributed by atoms with E-state index in [1.54, 1.807) is 12.1 Å². The van der Waals surface area contributed by atoms with Gasteiger partial charge in [-0.25, -0.2) is 4.68 Å². The number of rotatable bonds is 5. The van der Waals surface area contributed by atoms with Gasteiger partial charge in [-0.3, -0.25) is 9.59 Å². The van der Waals surface area contributed by atoms with E-state index in [1.807, 2.05) is 0 Å². The van der Waals surface area contributed by atoms with E-state index in [-0.39, 0.29) is 5.56 Å². The van der Waals surface area contributed by atoms with Gasteiger partial charge in [0.2, 0.25) is 5.75 Å². The van der Waals surface area contributed by atoms with Gasteiger partial charge in [-0.2, -0.15) is 5.10 Å². The third-order valence-corrected chi connectivity index (χ3v) is 3.20. The number of hydrogen-bond donors (Lipinski definition) is 0. The summed E-state index contributed by atoms with van der Waals surface area (Å²) in [5, 5.41) is 4.16. The summed E-state index contributed by atoms with van der Waals surface area (Å²) in [5.41, 5.74) is 0.559. The number of aldehydes is 1. The lowest BCUT2D eigenvalue weighted by Crippen LogP contribution is -2.23. The van der Waals surface area contributed by atoms with E-state index in [0.717, 1.165) is 4.68 Å². The second-order valence-electron chi connectivity index (χ2n) is 4.41. The van der Waals surface area contributed by atoms with Gasteiger partial charge in [0.1, 0.15) is 0 Å². The van der Waals surface area contributed by atoms with Gasteiger partial charge in [0, 0.05) is 12.6 Å². The lowest BCUT2D eigenvalue weighted by molar-refractivity contribution is 0.112. The van der Waals surface area contributed by atoms with Crippen LogP contribution in [0, 0.1) is 0 Å². The Morgan fingerprint density at radius 3 is 2.32 bits per heavy atom. The van der Waals surface area contributed by atoms with Crippen LogP contribution in [-0.2, 0) is 7.05 Å². The van der Waals surface area contributed by atoms with Crippen LogP contribution in [0.15, 0.2) is 23.0 Å². The first kappa shape index (κ1) is 15.6. The molecule has 1 aromatic heterocycles. The standard InChI is InChI=1S/C15H16N2O5/c1-17-15(19)9(8-18)7-11(16-17)10-5-6-12(20-2)14(22-4)13(10)21-3/h5-8H,1-4H3. The number of benzene rings is 1. The van der Waals surface area contributed by atoms with E-state index < -0.39 is 5.56 Å². The number of aryl methyl sites for hydroxylation is 1. The molecule has 0 atom stereocenters. The number of aromatic nitrogens is 2. The Bertz CT molecular complexity index is 767. The molecule has 7 heteroatoms. The Hall–Kier alpha value is -2.83. The van der Waals surface area contributed by atoms with Gasteiger partial charge < -0.3 is 14.2 Å². The molecular weight excluding hydrogens is 288 g/mol. The Morgan fingerprint density at radius 1 is 1.09 bits per heavy atom. The summed E-state index contributed by atoms with van der Waals surface area (Å²) < 4.78 is 17.0. The zero-order chi connectivity index (χ0) is 16.3. The molecule has 0 aliphatic heterocycles. The van der Waals surface area contributed by atoms with Gasteiger partial charge in [-0.05, 0) is 18.2 Å². The molecule has 0 bridgehead atoms. The highest BCUT2D eigenvalue weighted by Gasteiger charge is 2.19. The average Bonchev–Trinajstić information content (AvgIpc) is 2.55. The molecule has 0 spiro atoms. The Kier molecular flexibility index (Phi) is 4.45. The SMILES string of the molecule is COc1ccc(-c2cc(C=O)c(=O)n(C)n2)c(OC)c1OC. The molecule has 0 saturated carbocycles. The maximum absolute atomic E-state index is 11.8. The molecule has 2 rings (SSSR count). The third-order valence-electron chi connectivity index (χ3n) is 3.20. The van der Waals surface area contributed by atoms with Crippen molar-refractivity contribution in [3.8, 4) is 28.5 Å². The number of hydrogen-bond acceptors (Lipinski definition) is 6. The first-order valence-corrected chi connectivity index (χ1v) is 6.40. The van der Waals surface area contributed by atoms with Crippen LogP contribution in [0.2, 0.25) is 0 Å². The molecule has 116 valence electrons. The fraction of sp³-hybridized carbons (Fsp3) is 0.267. The summed E-state index contributed by atoms with van der Waals surface area (Å²) in [6.07, 6.45) is 0.501. The number of carbonyl (C=O) groups excluding carboxylic acids is 1. The average molecular weight is 304 g/mol. The van der Waals surface area contributed by atoms with Crippen molar-refractivity contribution in [1.29, 1.82) is 0 Å². The molecular formula is C15H16N2O5. The molecule has 0 fully saturated rings. The van der Waals surface area contributed by atoms with E-state index in [2.05, 4.69) is 5.10 Å². The van der Waals surface area contributed by atoms with Crippen LogP contribution in [0.25, 0.3) is 11.3 Å². The van der Waals surface area contributed by atoms with Gasteiger partial charge in [0.05, 0.1) is 32.6 Å². The summed E-state index contributed by atoms with van der Waals surface area (Å²) in [6, 6.07) is 4.84. The lowest BCUT2D eigenvalue weighted by Gasteiger charge is -2.15. The quantitative estimate of drug-likeness (QED) is 0.774. The van der Waals surface area contributed by atoms with E-state index in [9.17, 15) is 9.59 Å². The minimum Gasteiger partial charge on any atom is -0.493 e. The molecule has 0 amide bonds. The molecule has 0 saturated heterocycles. The van der Waals surface area contributed by atoms with E-state index in [4.69, 9.17) is 14.2 Å². The fourth-order valence-corrected chi connectivity index (χ4v) is 2.15. The zero-order valence-corrected chi connectivity index (χ0v) is 12.7. The predicted molar refractivity (Wildman–Crippen MR) is 80.0 cm³/mol.